The lowest BCUT2D eigenvalue weighted by molar-refractivity contribution is 0.0696. The second-order valence-electron chi connectivity index (χ2n) is 2.11. The highest BCUT2D eigenvalue weighted by Crippen LogP contribution is 2.05. The number of aromatic carboxylic acids is 1. The number of hydrogen-bond donors (Lipinski definition) is 2. The zero-order valence-electron chi connectivity index (χ0n) is 5.93. The monoisotopic (exact) mass is 186 g/mol. The van der Waals surface area contributed by atoms with Crippen molar-refractivity contribution in [2.75, 3.05) is 0 Å². The van der Waals surface area contributed by atoms with Gasteiger partial charge in [-0.25, -0.2) is 13.2 Å². The van der Waals surface area contributed by atoms with Crippen LogP contribution < -0.4 is 0 Å². The van der Waals surface area contributed by atoms with Gasteiger partial charge in [-0.2, -0.15) is 0 Å². The number of carboxylic acid groups (broad SMARTS) is 1. The first kappa shape index (κ1) is 8.73. The standard InChI is InChI=1S/C7H6O4S/c8-7(9)5-2-1-3-6(4-5)12(10)11/h1-4,12H,(H,8,9). The molecule has 0 radical (unpaired) electrons. The molecule has 0 amide bonds. The Balaban J connectivity index is 3.21. The molecular weight excluding hydrogens is 180 g/mol. The molecule has 0 aliphatic carbocycles. The van der Waals surface area contributed by atoms with Crippen LogP contribution in [0.4, 0.5) is 0 Å². The van der Waals surface area contributed by atoms with Gasteiger partial charge in [0.15, 0.2) is 10.7 Å². The maximum atomic E-state index is 10.4. The second kappa shape index (κ2) is 3.36. The number of thiol groups is 1. The third-order valence-corrected chi connectivity index (χ3v) is 2.00. The van der Waals surface area contributed by atoms with E-state index < -0.39 is 16.7 Å². The van der Waals surface area contributed by atoms with Gasteiger partial charge in [0.1, 0.15) is 0 Å². The smallest absolute Gasteiger partial charge is 0.335 e. The lowest BCUT2D eigenvalue weighted by atomic mass is 10.2. The summed E-state index contributed by atoms with van der Waals surface area (Å²) in [6.07, 6.45) is 0. The van der Waals surface area contributed by atoms with Crippen LogP contribution in [0.25, 0.3) is 0 Å². The van der Waals surface area contributed by atoms with Gasteiger partial charge in [-0.05, 0) is 18.2 Å². The van der Waals surface area contributed by atoms with Crippen LogP contribution in [0.15, 0.2) is 29.2 Å². The van der Waals surface area contributed by atoms with Gasteiger partial charge in [-0.1, -0.05) is 6.07 Å². The zero-order chi connectivity index (χ0) is 9.14. The number of benzene rings is 1. The fourth-order valence-corrected chi connectivity index (χ4v) is 1.20. The molecule has 0 saturated carbocycles. The Morgan fingerprint density at radius 3 is 2.50 bits per heavy atom. The Kier molecular flexibility index (Phi) is 2.44. The first-order chi connectivity index (χ1) is 5.61. The summed E-state index contributed by atoms with van der Waals surface area (Å²) in [6, 6.07) is 5.20. The fraction of sp³-hybridized carbons (Fsp3) is 0. The van der Waals surface area contributed by atoms with Crippen molar-refractivity contribution in [1.29, 1.82) is 0 Å². The van der Waals surface area contributed by atoms with Gasteiger partial charge >= 0.3 is 5.97 Å². The highest BCUT2D eigenvalue weighted by atomic mass is 32.2. The normalized spacial score (nSPS) is 10.1. The summed E-state index contributed by atoms with van der Waals surface area (Å²) in [5.41, 5.74) is -0.0216. The number of carboxylic acids is 1. The number of rotatable bonds is 2. The number of hydrogen-bond acceptors (Lipinski definition) is 3. The van der Waals surface area contributed by atoms with E-state index in [0.717, 1.165) is 6.07 Å². The number of carbonyl (C=O) groups is 1. The molecule has 4 nitrogen and oxygen atoms in total. The SMILES string of the molecule is O=C(O)c1cccc([SH](=O)=O)c1. The zero-order valence-corrected chi connectivity index (χ0v) is 6.82. The van der Waals surface area contributed by atoms with E-state index in [2.05, 4.69) is 0 Å². The Labute approximate surface area is 70.4 Å². The van der Waals surface area contributed by atoms with Gasteiger partial charge < -0.3 is 5.11 Å². The summed E-state index contributed by atoms with van der Waals surface area (Å²) >= 11 is 0. The second-order valence-corrected chi connectivity index (χ2v) is 3.14. The van der Waals surface area contributed by atoms with Crippen molar-refractivity contribution in [2.45, 2.75) is 4.90 Å². The van der Waals surface area contributed by atoms with Crippen molar-refractivity contribution in [3.05, 3.63) is 29.8 Å². The summed E-state index contributed by atoms with van der Waals surface area (Å²) < 4.78 is 20.8. The van der Waals surface area contributed by atoms with Gasteiger partial charge in [0.25, 0.3) is 0 Å². The minimum atomic E-state index is -2.70. The first-order valence-electron chi connectivity index (χ1n) is 3.09. The third-order valence-electron chi connectivity index (χ3n) is 1.30. The Morgan fingerprint density at radius 2 is 2.00 bits per heavy atom. The van der Waals surface area contributed by atoms with E-state index in [1.807, 2.05) is 0 Å². The van der Waals surface area contributed by atoms with E-state index in [1.165, 1.54) is 18.2 Å². The molecule has 0 spiro atoms. The lowest BCUT2D eigenvalue weighted by Crippen LogP contribution is -1.96. The van der Waals surface area contributed by atoms with Crippen LogP contribution in [-0.4, -0.2) is 19.5 Å². The van der Waals surface area contributed by atoms with Crippen LogP contribution in [0, 0.1) is 0 Å². The van der Waals surface area contributed by atoms with E-state index in [0.29, 0.717) is 0 Å². The maximum Gasteiger partial charge on any atom is 0.335 e. The molecule has 0 atom stereocenters. The summed E-state index contributed by atoms with van der Waals surface area (Å²) in [5, 5.41) is 8.49. The van der Waals surface area contributed by atoms with E-state index in [-0.39, 0.29) is 10.5 Å². The summed E-state index contributed by atoms with van der Waals surface area (Å²) in [6.45, 7) is 0. The molecule has 0 saturated heterocycles. The molecule has 1 rings (SSSR count). The molecule has 1 aromatic carbocycles. The average Bonchev–Trinajstić information content (AvgIpc) is 2.04. The van der Waals surface area contributed by atoms with Crippen LogP contribution >= 0.6 is 0 Å². The molecule has 0 bridgehead atoms. The van der Waals surface area contributed by atoms with Gasteiger partial charge in [0, 0.05) is 0 Å². The molecule has 0 aliphatic rings. The van der Waals surface area contributed by atoms with Crippen molar-refractivity contribution >= 4 is 16.7 Å². The van der Waals surface area contributed by atoms with E-state index in [4.69, 9.17) is 5.11 Å². The van der Waals surface area contributed by atoms with Crippen LogP contribution in [0.2, 0.25) is 0 Å². The fourth-order valence-electron chi connectivity index (χ4n) is 0.753. The van der Waals surface area contributed by atoms with Gasteiger partial charge in [-0.3, -0.25) is 0 Å². The maximum absolute atomic E-state index is 10.4. The first-order valence-corrected chi connectivity index (χ1v) is 4.27. The average molecular weight is 186 g/mol. The molecule has 0 heterocycles. The van der Waals surface area contributed by atoms with Gasteiger partial charge in [0.2, 0.25) is 0 Å². The Hall–Kier alpha value is -1.36. The van der Waals surface area contributed by atoms with Crippen molar-refractivity contribution in [3.8, 4) is 0 Å². The quantitative estimate of drug-likeness (QED) is 0.654. The highest BCUT2D eigenvalue weighted by Gasteiger charge is 2.03. The van der Waals surface area contributed by atoms with Gasteiger partial charge in [-0.15, -0.1) is 0 Å². The van der Waals surface area contributed by atoms with Crippen molar-refractivity contribution < 1.29 is 18.3 Å². The Morgan fingerprint density at radius 1 is 1.33 bits per heavy atom. The molecule has 1 aromatic rings. The van der Waals surface area contributed by atoms with Crippen LogP contribution in [0.3, 0.4) is 0 Å². The molecule has 64 valence electrons. The molecule has 5 heteroatoms. The molecule has 0 unspecified atom stereocenters. The lowest BCUT2D eigenvalue weighted by Gasteiger charge is -1.93. The van der Waals surface area contributed by atoms with Crippen molar-refractivity contribution in [3.63, 3.8) is 0 Å². The van der Waals surface area contributed by atoms with Crippen LogP contribution in [0.5, 0.6) is 0 Å². The third kappa shape index (κ3) is 1.82. The van der Waals surface area contributed by atoms with Gasteiger partial charge in [0.05, 0.1) is 10.5 Å². The van der Waals surface area contributed by atoms with E-state index in [9.17, 15) is 13.2 Å². The van der Waals surface area contributed by atoms with Crippen LogP contribution in [-0.2, 0) is 10.7 Å². The minimum Gasteiger partial charge on any atom is -0.478 e. The topological polar surface area (TPSA) is 71.4 Å². The largest absolute Gasteiger partial charge is 0.478 e. The summed E-state index contributed by atoms with van der Waals surface area (Å²) in [5.74, 6) is -1.13. The molecule has 1 N–H and O–H groups in total. The highest BCUT2D eigenvalue weighted by molar-refractivity contribution is 7.72. The minimum absolute atomic E-state index is 0.0184. The molecule has 0 fully saturated rings. The van der Waals surface area contributed by atoms with E-state index >= 15 is 0 Å². The molecule has 0 aliphatic heterocycles. The summed E-state index contributed by atoms with van der Waals surface area (Å²) in [7, 11) is -2.70. The molecular formula is C7H6O4S. The predicted molar refractivity (Wildman–Crippen MR) is 42.0 cm³/mol. The van der Waals surface area contributed by atoms with E-state index in [1.54, 1.807) is 0 Å². The van der Waals surface area contributed by atoms with Crippen molar-refractivity contribution in [1.82, 2.24) is 0 Å². The predicted octanol–water partition coefficient (Wildman–Crippen LogP) is 0.355. The molecule has 12 heavy (non-hydrogen) atoms. The molecule has 0 aromatic heterocycles. The Bertz CT molecular complexity index is 373. The van der Waals surface area contributed by atoms with Crippen LogP contribution in [0.1, 0.15) is 10.4 Å². The summed E-state index contributed by atoms with van der Waals surface area (Å²) in [4.78, 5) is 10.4. The van der Waals surface area contributed by atoms with Crippen molar-refractivity contribution in [2.24, 2.45) is 0 Å².